The van der Waals surface area contributed by atoms with Gasteiger partial charge in [0.25, 0.3) is 5.91 Å². The van der Waals surface area contributed by atoms with Crippen LogP contribution in [0.15, 0.2) is 48.5 Å². The molecule has 3 fully saturated rings. The summed E-state index contributed by atoms with van der Waals surface area (Å²) in [6.45, 7) is 3.37. The van der Waals surface area contributed by atoms with Crippen LogP contribution in [0.4, 0.5) is 0 Å². The van der Waals surface area contributed by atoms with E-state index >= 15 is 0 Å². The minimum atomic E-state index is 0.0293. The van der Waals surface area contributed by atoms with Crippen LogP contribution in [-0.4, -0.2) is 41.6 Å². The van der Waals surface area contributed by atoms with Crippen LogP contribution < -0.4 is 5.32 Å². The minimum Gasteiger partial charge on any atom is -0.392 e. The Balaban J connectivity index is 1.44. The van der Waals surface area contributed by atoms with Gasteiger partial charge in [0.1, 0.15) is 0 Å². The molecule has 0 saturated carbocycles. The van der Waals surface area contributed by atoms with Crippen molar-refractivity contribution in [3.8, 4) is 11.1 Å². The molecular weight excluding hydrogens is 368 g/mol. The van der Waals surface area contributed by atoms with Crippen molar-refractivity contribution in [3.05, 3.63) is 59.0 Å². The Bertz CT molecular complexity index is 1020. The number of piperidine rings is 3. The van der Waals surface area contributed by atoms with E-state index in [0.29, 0.717) is 5.92 Å². The first-order valence-corrected chi connectivity index (χ1v) is 10.8. The van der Waals surface area contributed by atoms with E-state index in [1.54, 1.807) is 11.3 Å². The van der Waals surface area contributed by atoms with E-state index in [9.17, 15) is 9.90 Å². The number of benzene rings is 2. The average Bonchev–Trinajstić information content (AvgIpc) is 3.19. The van der Waals surface area contributed by atoms with E-state index in [1.165, 1.54) is 25.9 Å². The number of fused-ring (bicyclic) bond motifs is 4. The Morgan fingerprint density at radius 2 is 1.96 bits per heavy atom. The van der Waals surface area contributed by atoms with E-state index < -0.39 is 0 Å². The van der Waals surface area contributed by atoms with E-state index in [1.807, 2.05) is 30.3 Å². The van der Waals surface area contributed by atoms with Gasteiger partial charge in [-0.1, -0.05) is 36.4 Å². The fourth-order valence-electron chi connectivity index (χ4n) is 4.61. The maximum Gasteiger partial charge on any atom is 0.261 e. The highest BCUT2D eigenvalue weighted by Crippen LogP contribution is 2.36. The van der Waals surface area contributed by atoms with Gasteiger partial charge in [0, 0.05) is 17.3 Å². The molecule has 5 heteroatoms. The van der Waals surface area contributed by atoms with Crippen LogP contribution in [0.5, 0.6) is 0 Å². The molecule has 6 rings (SSSR count). The summed E-state index contributed by atoms with van der Waals surface area (Å²) in [5.74, 6) is 0.676. The number of hydrogen-bond donors (Lipinski definition) is 2. The molecular formula is C23H24N2O2S. The van der Waals surface area contributed by atoms with Crippen LogP contribution in [0.25, 0.3) is 21.2 Å². The van der Waals surface area contributed by atoms with Crippen LogP contribution >= 0.6 is 11.3 Å². The monoisotopic (exact) mass is 392 g/mol. The summed E-state index contributed by atoms with van der Waals surface area (Å²) in [6.07, 6.45) is 2.39. The number of rotatable bonds is 4. The summed E-state index contributed by atoms with van der Waals surface area (Å²) >= 11 is 1.56. The number of aliphatic hydroxyl groups is 1. The molecule has 1 unspecified atom stereocenters. The molecule has 28 heavy (non-hydrogen) atoms. The van der Waals surface area contributed by atoms with Crippen LogP contribution in [0, 0.1) is 5.92 Å². The Morgan fingerprint density at radius 3 is 2.71 bits per heavy atom. The SMILES string of the molecule is O=C(NC1CN2CCC1CC2)c1cc2cccc(-c3cccc(CO)c3)c2s1. The molecule has 144 valence electrons. The molecule has 4 nitrogen and oxygen atoms in total. The summed E-state index contributed by atoms with van der Waals surface area (Å²) < 4.78 is 1.12. The average molecular weight is 393 g/mol. The summed E-state index contributed by atoms with van der Waals surface area (Å²) in [4.78, 5) is 16.2. The number of thiophene rings is 1. The van der Waals surface area contributed by atoms with Crippen molar-refractivity contribution in [2.24, 2.45) is 5.92 Å². The summed E-state index contributed by atoms with van der Waals surface area (Å²) in [5.41, 5.74) is 3.08. The van der Waals surface area contributed by atoms with Crippen LogP contribution in [0.1, 0.15) is 28.1 Å². The highest BCUT2D eigenvalue weighted by molar-refractivity contribution is 7.21. The zero-order valence-corrected chi connectivity index (χ0v) is 16.5. The van der Waals surface area contributed by atoms with Gasteiger partial charge in [0.15, 0.2) is 0 Å². The topological polar surface area (TPSA) is 52.6 Å². The van der Waals surface area contributed by atoms with Crippen LogP contribution in [0.2, 0.25) is 0 Å². The third-order valence-corrected chi connectivity index (χ3v) is 7.34. The third kappa shape index (κ3) is 3.24. The molecule has 0 spiro atoms. The molecule has 2 aromatic carbocycles. The fraction of sp³-hybridized carbons (Fsp3) is 0.348. The highest BCUT2D eigenvalue weighted by atomic mass is 32.1. The van der Waals surface area contributed by atoms with E-state index in [4.69, 9.17) is 0 Å². The molecule has 1 atom stereocenters. The number of carbonyl (C=O) groups excluding carboxylic acids is 1. The van der Waals surface area contributed by atoms with Gasteiger partial charge in [-0.05, 0) is 66.1 Å². The van der Waals surface area contributed by atoms with E-state index in [2.05, 4.69) is 28.4 Å². The Labute approximate surface area is 168 Å². The first-order chi connectivity index (χ1) is 13.7. The predicted octanol–water partition coefficient (Wildman–Crippen LogP) is 3.88. The third-order valence-electron chi connectivity index (χ3n) is 6.16. The van der Waals surface area contributed by atoms with Gasteiger partial charge >= 0.3 is 0 Å². The zero-order valence-electron chi connectivity index (χ0n) is 15.7. The summed E-state index contributed by atoms with van der Waals surface area (Å²) in [5, 5.41) is 13.8. The van der Waals surface area contributed by atoms with Gasteiger partial charge in [0.05, 0.1) is 11.5 Å². The van der Waals surface area contributed by atoms with Gasteiger partial charge in [-0.15, -0.1) is 11.3 Å². The molecule has 0 aliphatic carbocycles. The zero-order chi connectivity index (χ0) is 19.1. The lowest BCUT2D eigenvalue weighted by Crippen LogP contribution is -2.57. The number of carbonyl (C=O) groups is 1. The number of nitrogens with zero attached hydrogens (tertiary/aromatic N) is 1. The van der Waals surface area contributed by atoms with Gasteiger partial charge in [-0.2, -0.15) is 0 Å². The van der Waals surface area contributed by atoms with Gasteiger partial charge < -0.3 is 15.3 Å². The second kappa shape index (κ2) is 7.32. The second-order valence-electron chi connectivity index (χ2n) is 7.91. The molecule has 3 aliphatic heterocycles. The Hall–Kier alpha value is -2.21. The number of nitrogens with one attached hydrogen (secondary N) is 1. The summed E-state index contributed by atoms with van der Waals surface area (Å²) in [7, 11) is 0. The lowest BCUT2D eigenvalue weighted by Gasteiger charge is -2.44. The number of aliphatic hydroxyl groups excluding tert-OH is 1. The van der Waals surface area contributed by atoms with Crippen molar-refractivity contribution < 1.29 is 9.90 Å². The molecule has 1 amide bonds. The van der Waals surface area contributed by atoms with Crippen molar-refractivity contribution in [1.29, 1.82) is 0 Å². The normalized spacial score (nSPS) is 23.8. The second-order valence-corrected chi connectivity index (χ2v) is 8.96. The molecule has 3 saturated heterocycles. The lowest BCUT2D eigenvalue weighted by molar-refractivity contribution is 0.0622. The first kappa shape index (κ1) is 17.9. The predicted molar refractivity (Wildman–Crippen MR) is 114 cm³/mol. The van der Waals surface area contributed by atoms with Crippen LogP contribution in [-0.2, 0) is 6.61 Å². The Kier molecular flexibility index (Phi) is 4.67. The molecule has 3 aromatic rings. The molecule has 2 bridgehead atoms. The van der Waals surface area contributed by atoms with Crippen molar-refractivity contribution >= 4 is 27.3 Å². The number of amides is 1. The number of hydrogen-bond acceptors (Lipinski definition) is 4. The molecule has 2 N–H and O–H groups in total. The fourth-order valence-corrected chi connectivity index (χ4v) is 5.71. The van der Waals surface area contributed by atoms with Gasteiger partial charge in [-0.3, -0.25) is 4.79 Å². The quantitative estimate of drug-likeness (QED) is 0.708. The first-order valence-electron chi connectivity index (χ1n) is 9.97. The van der Waals surface area contributed by atoms with Crippen molar-refractivity contribution in [1.82, 2.24) is 10.2 Å². The van der Waals surface area contributed by atoms with Crippen LogP contribution in [0.3, 0.4) is 0 Å². The molecule has 0 radical (unpaired) electrons. The lowest BCUT2D eigenvalue weighted by atomic mass is 9.84. The van der Waals surface area contributed by atoms with Gasteiger partial charge in [0.2, 0.25) is 0 Å². The van der Waals surface area contributed by atoms with Crippen molar-refractivity contribution in [3.63, 3.8) is 0 Å². The molecule has 4 heterocycles. The maximum atomic E-state index is 13.0. The van der Waals surface area contributed by atoms with Gasteiger partial charge in [-0.25, -0.2) is 0 Å². The smallest absolute Gasteiger partial charge is 0.261 e. The Morgan fingerprint density at radius 1 is 1.14 bits per heavy atom. The standard InChI is InChI=1S/C23H24N2O2S/c26-14-15-3-1-4-17(11-15)19-6-2-5-18-12-21(28-22(18)19)23(27)24-20-13-25-9-7-16(20)8-10-25/h1-6,11-12,16,20,26H,7-10,13-14H2,(H,24,27). The summed E-state index contributed by atoms with van der Waals surface area (Å²) in [6, 6.07) is 16.4. The van der Waals surface area contributed by atoms with E-state index in [-0.39, 0.29) is 18.6 Å². The molecule has 1 aromatic heterocycles. The highest BCUT2D eigenvalue weighted by Gasteiger charge is 2.35. The largest absolute Gasteiger partial charge is 0.392 e. The minimum absolute atomic E-state index is 0.0293. The van der Waals surface area contributed by atoms with Crippen molar-refractivity contribution in [2.45, 2.75) is 25.5 Å². The maximum absolute atomic E-state index is 13.0. The van der Waals surface area contributed by atoms with Crippen molar-refractivity contribution in [2.75, 3.05) is 19.6 Å². The molecule has 3 aliphatic rings. The van der Waals surface area contributed by atoms with E-state index in [0.717, 1.165) is 38.2 Å².